The Bertz CT molecular complexity index is 178. The first-order valence-electron chi connectivity index (χ1n) is 3.78. The van der Waals surface area contributed by atoms with Crippen molar-refractivity contribution >= 4 is 12.1 Å². The number of esters is 1. The highest BCUT2D eigenvalue weighted by Crippen LogP contribution is 2.02. The van der Waals surface area contributed by atoms with E-state index in [1.165, 1.54) is 0 Å². The maximum atomic E-state index is 10.6. The van der Waals surface area contributed by atoms with Gasteiger partial charge in [-0.1, -0.05) is 0 Å². The highest BCUT2D eigenvalue weighted by Gasteiger charge is 2.14. The summed E-state index contributed by atoms with van der Waals surface area (Å²) in [7, 11) is 0. The minimum atomic E-state index is -1.68. The standard InChI is InChI=1S/C7H12O6/c8-3-1-2-5(9)4-6(10)13-7(11)12/h5,8-9H,1-4H2,(H,11,12). The molecule has 0 aromatic rings. The van der Waals surface area contributed by atoms with Crippen LogP contribution in [0.1, 0.15) is 19.3 Å². The fourth-order valence-corrected chi connectivity index (χ4v) is 0.760. The molecular weight excluding hydrogens is 180 g/mol. The Morgan fingerprint density at radius 3 is 2.46 bits per heavy atom. The lowest BCUT2D eigenvalue weighted by Gasteiger charge is -2.06. The molecule has 0 amide bonds. The van der Waals surface area contributed by atoms with E-state index in [1.807, 2.05) is 0 Å². The third-order valence-corrected chi connectivity index (χ3v) is 1.30. The fourth-order valence-electron chi connectivity index (χ4n) is 0.760. The molecule has 76 valence electrons. The van der Waals surface area contributed by atoms with Crippen LogP contribution in [0.5, 0.6) is 0 Å². The molecule has 0 aliphatic rings. The zero-order valence-corrected chi connectivity index (χ0v) is 6.97. The monoisotopic (exact) mass is 192 g/mol. The Morgan fingerprint density at radius 2 is 2.00 bits per heavy atom. The van der Waals surface area contributed by atoms with Crippen molar-refractivity contribution in [2.45, 2.75) is 25.4 Å². The number of carbonyl (C=O) groups is 2. The second-order valence-corrected chi connectivity index (χ2v) is 2.46. The molecule has 0 fully saturated rings. The molecule has 1 unspecified atom stereocenters. The van der Waals surface area contributed by atoms with Crippen molar-refractivity contribution in [3.8, 4) is 0 Å². The molecule has 0 rings (SSSR count). The van der Waals surface area contributed by atoms with Gasteiger partial charge in [0.2, 0.25) is 0 Å². The summed E-state index contributed by atoms with van der Waals surface area (Å²) in [6, 6.07) is 0. The molecule has 1 atom stereocenters. The largest absolute Gasteiger partial charge is 0.513 e. The van der Waals surface area contributed by atoms with Gasteiger partial charge < -0.3 is 20.1 Å². The van der Waals surface area contributed by atoms with E-state index in [0.29, 0.717) is 6.42 Å². The van der Waals surface area contributed by atoms with E-state index in [4.69, 9.17) is 15.3 Å². The van der Waals surface area contributed by atoms with Crippen molar-refractivity contribution in [2.75, 3.05) is 6.61 Å². The fraction of sp³-hybridized carbons (Fsp3) is 0.714. The Hall–Kier alpha value is -1.14. The van der Waals surface area contributed by atoms with Crippen molar-refractivity contribution in [1.29, 1.82) is 0 Å². The van der Waals surface area contributed by atoms with Gasteiger partial charge in [0.05, 0.1) is 12.5 Å². The number of aliphatic hydroxyl groups excluding tert-OH is 2. The molecule has 0 heterocycles. The van der Waals surface area contributed by atoms with Crippen molar-refractivity contribution in [2.24, 2.45) is 0 Å². The van der Waals surface area contributed by atoms with Gasteiger partial charge >= 0.3 is 12.1 Å². The van der Waals surface area contributed by atoms with E-state index in [1.54, 1.807) is 0 Å². The predicted octanol–water partition coefficient (Wildman–Crippen LogP) is -0.269. The smallest absolute Gasteiger partial charge is 0.449 e. The van der Waals surface area contributed by atoms with Gasteiger partial charge in [-0.2, -0.15) is 0 Å². The molecule has 0 bridgehead atoms. The van der Waals surface area contributed by atoms with E-state index >= 15 is 0 Å². The van der Waals surface area contributed by atoms with E-state index in [2.05, 4.69) is 4.74 Å². The van der Waals surface area contributed by atoms with Gasteiger partial charge in [-0.3, -0.25) is 4.79 Å². The molecule has 0 aliphatic carbocycles. The highest BCUT2D eigenvalue weighted by atomic mass is 16.7. The molecule has 6 heteroatoms. The van der Waals surface area contributed by atoms with Crippen LogP contribution in [0.2, 0.25) is 0 Å². The first kappa shape index (κ1) is 11.9. The second-order valence-electron chi connectivity index (χ2n) is 2.46. The molecule has 0 radical (unpaired) electrons. The van der Waals surface area contributed by atoms with E-state index in [-0.39, 0.29) is 19.4 Å². The van der Waals surface area contributed by atoms with Gasteiger partial charge in [0, 0.05) is 6.61 Å². The summed E-state index contributed by atoms with van der Waals surface area (Å²) in [4.78, 5) is 20.4. The topological polar surface area (TPSA) is 104 Å². The summed E-state index contributed by atoms with van der Waals surface area (Å²) >= 11 is 0. The van der Waals surface area contributed by atoms with Crippen LogP contribution < -0.4 is 0 Å². The van der Waals surface area contributed by atoms with E-state index in [9.17, 15) is 9.59 Å². The first-order chi connectivity index (χ1) is 6.06. The van der Waals surface area contributed by atoms with Gasteiger partial charge in [-0.05, 0) is 12.8 Å². The molecule has 0 aromatic heterocycles. The maximum Gasteiger partial charge on any atom is 0.513 e. The lowest BCUT2D eigenvalue weighted by Crippen LogP contribution is -2.18. The number of aliphatic hydroxyl groups is 2. The summed E-state index contributed by atoms with van der Waals surface area (Å²) in [5.41, 5.74) is 0. The van der Waals surface area contributed by atoms with Crippen LogP contribution in [-0.4, -0.2) is 40.2 Å². The average molecular weight is 192 g/mol. The van der Waals surface area contributed by atoms with Gasteiger partial charge in [-0.25, -0.2) is 4.79 Å². The Labute approximate surface area is 74.7 Å². The van der Waals surface area contributed by atoms with Crippen molar-refractivity contribution in [1.82, 2.24) is 0 Å². The molecular formula is C7H12O6. The third-order valence-electron chi connectivity index (χ3n) is 1.30. The molecule has 0 saturated heterocycles. The highest BCUT2D eigenvalue weighted by molar-refractivity contribution is 5.81. The quantitative estimate of drug-likeness (QED) is 0.409. The number of ether oxygens (including phenoxy) is 1. The second kappa shape index (κ2) is 6.38. The minimum Gasteiger partial charge on any atom is -0.449 e. The molecule has 0 spiro atoms. The minimum absolute atomic E-state index is 0.0783. The summed E-state index contributed by atoms with van der Waals surface area (Å²) < 4.78 is 3.76. The van der Waals surface area contributed by atoms with Crippen molar-refractivity contribution in [3.05, 3.63) is 0 Å². The third kappa shape index (κ3) is 7.23. The molecule has 0 aliphatic heterocycles. The Morgan fingerprint density at radius 1 is 1.38 bits per heavy atom. The Kier molecular flexibility index (Phi) is 5.82. The molecule has 6 nitrogen and oxygen atoms in total. The SMILES string of the molecule is O=C(O)OC(=O)CC(O)CCCO. The maximum absolute atomic E-state index is 10.6. The summed E-state index contributed by atoms with van der Waals surface area (Å²) in [6.45, 7) is -0.0783. The number of rotatable bonds is 5. The normalized spacial score (nSPS) is 12.2. The zero-order chi connectivity index (χ0) is 10.3. The van der Waals surface area contributed by atoms with Crippen LogP contribution in [0.4, 0.5) is 4.79 Å². The number of hydrogen-bond donors (Lipinski definition) is 3. The van der Waals surface area contributed by atoms with Gasteiger partial charge in [-0.15, -0.1) is 0 Å². The van der Waals surface area contributed by atoms with Crippen molar-refractivity contribution < 1.29 is 29.6 Å². The molecule has 0 saturated carbocycles. The van der Waals surface area contributed by atoms with Crippen LogP contribution in [-0.2, 0) is 9.53 Å². The summed E-state index contributed by atoms with van der Waals surface area (Å²) in [5.74, 6) is -0.988. The van der Waals surface area contributed by atoms with Crippen LogP contribution in [0.15, 0.2) is 0 Å². The van der Waals surface area contributed by atoms with Crippen LogP contribution in [0.3, 0.4) is 0 Å². The average Bonchev–Trinajstić information content (AvgIpc) is 1.98. The number of carboxylic acid groups (broad SMARTS) is 1. The lowest BCUT2D eigenvalue weighted by molar-refractivity contribution is -0.141. The summed E-state index contributed by atoms with van der Waals surface area (Å²) in [6.07, 6.45) is -2.41. The Balaban J connectivity index is 3.59. The van der Waals surface area contributed by atoms with Gasteiger partial charge in [0.15, 0.2) is 0 Å². The molecule has 0 aromatic carbocycles. The van der Waals surface area contributed by atoms with E-state index < -0.39 is 18.2 Å². The predicted molar refractivity (Wildman–Crippen MR) is 41.1 cm³/mol. The number of hydrogen-bond acceptors (Lipinski definition) is 5. The summed E-state index contributed by atoms with van der Waals surface area (Å²) in [5, 5.41) is 25.4. The molecule has 13 heavy (non-hydrogen) atoms. The van der Waals surface area contributed by atoms with Crippen molar-refractivity contribution in [3.63, 3.8) is 0 Å². The van der Waals surface area contributed by atoms with Gasteiger partial charge in [0.1, 0.15) is 0 Å². The zero-order valence-electron chi connectivity index (χ0n) is 6.97. The van der Waals surface area contributed by atoms with Crippen LogP contribution in [0, 0.1) is 0 Å². The number of carbonyl (C=O) groups excluding carboxylic acids is 1. The van der Waals surface area contributed by atoms with E-state index in [0.717, 1.165) is 0 Å². The van der Waals surface area contributed by atoms with Crippen LogP contribution in [0.25, 0.3) is 0 Å². The lowest BCUT2D eigenvalue weighted by atomic mass is 10.1. The first-order valence-corrected chi connectivity index (χ1v) is 3.78. The van der Waals surface area contributed by atoms with Gasteiger partial charge in [0.25, 0.3) is 0 Å². The van der Waals surface area contributed by atoms with Crippen LogP contribution >= 0.6 is 0 Å². The molecule has 3 N–H and O–H groups in total.